The summed E-state index contributed by atoms with van der Waals surface area (Å²) in [6.45, 7) is 6.05. The monoisotopic (exact) mass is 286 g/mol. The topological polar surface area (TPSA) is 83.2 Å². The number of fused-ring (bicyclic) bond motifs is 1. The fourth-order valence-electron chi connectivity index (χ4n) is 2.52. The number of hydrogen-bond donors (Lipinski definition) is 1. The van der Waals surface area contributed by atoms with E-state index in [1.807, 2.05) is 18.3 Å². The molecule has 2 aromatic heterocycles. The van der Waals surface area contributed by atoms with E-state index < -0.39 is 5.92 Å². The second kappa shape index (κ2) is 5.35. The van der Waals surface area contributed by atoms with Crippen LogP contribution in [0.4, 0.5) is 5.95 Å². The number of hydrogen-bond acceptors (Lipinski definition) is 5. The SMILES string of the molecule is C=C1Nc2ncnn2C(c2ccc[nH+]c2)C1C(=O)OCC. The Bertz CT molecular complexity index is 667. The molecule has 108 valence electrons. The average molecular weight is 286 g/mol. The standard InChI is InChI=1S/C14H15N5O2/c1-3-21-13(20)11-9(2)18-14-16-8-17-19(14)12(11)10-5-4-6-15-7-10/h4-8,11-12H,2-3H2,1H3,(H,16,17,18)/p+1. The van der Waals surface area contributed by atoms with Crippen LogP contribution in [0, 0.1) is 5.92 Å². The number of anilines is 1. The second-order valence-corrected chi connectivity index (χ2v) is 4.69. The van der Waals surface area contributed by atoms with Crippen LogP contribution in [0.25, 0.3) is 0 Å². The number of ether oxygens (including phenoxy) is 1. The Kier molecular flexibility index (Phi) is 3.39. The quantitative estimate of drug-likeness (QED) is 0.844. The molecule has 0 fully saturated rings. The van der Waals surface area contributed by atoms with Gasteiger partial charge in [0.25, 0.3) is 0 Å². The highest BCUT2D eigenvalue weighted by molar-refractivity contribution is 5.78. The van der Waals surface area contributed by atoms with Crippen LogP contribution < -0.4 is 10.3 Å². The summed E-state index contributed by atoms with van der Waals surface area (Å²) < 4.78 is 6.86. The van der Waals surface area contributed by atoms with Gasteiger partial charge in [-0.05, 0) is 13.0 Å². The minimum absolute atomic E-state index is 0.320. The number of aromatic amines is 1. The molecule has 7 nitrogen and oxygen atoms in total. The largest absolute Gasteiger partial charge is 0.465 e. The molecular weight excluding hydrogens is 270 g/mol. The van der Waals surface area contributed by atoms with Crippen molar-refractivity contribution in [3.05, 3.63) is 48.7 Å². The molecule has 0 saturated heterocycles. The lowest BCUT2D eigenvalue weighted by molar-refractivity contribution is -0.379. The van der Waals surface area contributed by atoms with Crippen LogP contribution >= 0.6 is 0 Å². The summed E-state index contributed by atoms with van der Waals surface area (Å²) in [6.07, 6.45) is 5.09. The number of esters is 1. The fraction of sp³-hybridized carbons (Fsp3) is 0.286. The van der Waals surface area contributed by atoms with Gasteiger partial charge in [-0.15, -0.1) is 0 Å². The van der Waals surface area contributed by atoms with E-state index in [4.69, 9.17) is 4.74 Å². The maximum absolute atomic E-state index is 12.3. The summed E-state index contributed by atoms with van der Waals surface area (Å²) in [4.78, 5) is 19.5. The molecule has 7 heteroatoms. The molecule has 2 unspecified atom stereocenters. The Morgan fingerprint density at radius 1 is 1.62 bits per heavy atom. The molecule has 2 aromatic rings. The molecule has 1 aliphatic heterocycles. The summed E-state index contributed by atoms with van der Waals surface area (Å²) in [5, 5.41) is 7.23. The Balaban J connectivity index is 2.09. The molecule has 0 spiro atoms. The van der Waals surface area contributed by atoms with Gasteiger partial charge in [-0.1, -0.05) is 6.58 Å². The van der Waals surface area contributed by atoms with Crippen molar-refractivity contribution in [2.75, 3.05) is 11.9 Å². The van der Waals surface area contributed by atoms with Crippen LogP contribution in [0.2, 0.25) is 0 Å². The highest BCUT2D eigenvalue weighted by Gasteiger charge is 2.41. The third-order valence-corrected chi connectivity index (χ3v) is 3.41. The zero-order valence-corrected chi connectivity index (χ0v) is 11.6. The Hall–Kier alpha value is -2.70. The summed E-state index contributed by atoms with van der Waals surface area (Å²) in [7, 11) is 0. The van der Waals surface area contributed by atoms with Crippen LogP contribution in [0.1, 0.15) is 18.5 Å². The van der Waals surface area contributed by atoms with Gasteiger partial charge in [0, 0.05) is 17.3 Å². The molecule has 0 amide bonds. The van der Waals surface area contributed by atoms with E-state index >= 15 is 0 Å². The molecule has 0 aromatic carbocycles. The Morgan fingerprint density at radius 2 is 2.48 bits per heavy atom. The van der Waals surface area contributed by atoms with Crippen LogP contribution in [0.3, 0.4) is 0 Å². The number of carbonyl (C=O) groups excluding carboxylic acids is 1. The van der Waals surface area contributed by atoms with Crippen LogP contribution in [0.15, 0.2) is 43.1 Å². The van der Waals surface area contributed by atoms with Gasteiger partial charge < -0.3 is 10.1 Å². The van der Waals surface area contributed by atoms with Gasteiger partial charge in [-0.2, -0.15) is 10.1 Å². The average Bonchev–Trinajstić information content (AvgIpc) is 2.94. The minimum Gasteiger partial charge on any atom is -0.465 e. The molecule has 3 rings (SSSR count). The predicted octanol–water partition coefficient (Wildman–Crippen LogP) is 0.800. The first-order chi connectivity index (χ1) is 10.2. The number of nitrogens with zero attached hydrogens (tertiary/aromatic N) is 3. The van der Waals surface area contributed by atoms with Gasteiger partial charge in [-0.3, -0.25) is 4.79 Å². The molecule has 1 aliphatic rings. The van der Waals surface area contributed by atoms with Gasteiger partial charge in [-0.25, -0.2) is 9.67 Å². The van der Waals surface area contributed by atoms with E-state index in [9.17, 15) is 4.79 Å². The first-order valence-electron chi connectivity index (χ1n) is 6.70. The van der Waals surface area contributed by atoms with Crippen molar-refractivity contribution < 1.29 is 14.5 Å². The number of aromatic nitrogens is 4. The number of H-pyrrole nitrogens is 1. The maximum atomic E-state index is 12.3. The number of pyridine rings is 1. The Morgan fingerprint density at radius 3 is 3.19 bits per heavy atom. The van der Waals surface area contributed by atoms with E-state index in [0.717, 1.165) is 5.56 Å². The zero-order valence-electron chi connectivity index (χ0n) is 11.6. The molecule has 0 aliphatic carbocycles. The van der Waals surface area contributed by atoms with Crippen LogP contribution in [-0.2, 0) is 9.53 Å². The third kappa shape index (κ3) is 2.26. The van der Waals surface area contributed by atoms with Gasteiger partial charge >= 0.3 is 5.97 Å². The molecule has 0 radical (unpaired) electrons. The van der Waals surface area contributed by atoms with Crippen molar-refractivity contribution in [3.8, 4) is 0 Å². The van der Waals surface area contributed by atoms with Gasteiger partial charge in [0.15, 0.2) is 12.4 Å². The number of nitrogens with one attached hydrogen (secondary N) is 2. The lowest BCUT2D eigenvalue weighted by Gasteiger charge is -2.32. The summed E-state index contributed by atoms with van der Waals surface area (Å²) in [5.74, 6) is -0.325. The van der Waals surface area contributed by atoms with E-state index in [1.54, 1.807) is 17.8 Å². The molecule has 21 heavy (non-hydrogen) atoms. The summed E-state index contributed by atoms with van der Waals surface area (Å²) in [6, 6.07) is 3.46. The smallest absolute Gasteiger partial charge is 0.317 e. The second-order valence-electron chi connectivity index (χ2n) is 4.69. The summed E-state index contributed by atoms with van der Waals surface area (Å²) in [5.41, 5.74) is 1.47. The highest BCUT2D eigenvalue weighted by Crippen LogP contribution is 2.37. The molecule has 0 saturated carbocycles. The van der Waals surface area contributed by atoms with E-state index in [-0.39, 0.29) is 12.0 Å². The van der Waals surface area contributed by atoms with Crippen molar-refractivity contribution in [2.24, 2.45) is 5.92 Å². The maximum Gasteiger partial charge on any atom is 0.317 e. The molecule has 2 atom stereocenters. The molecule has 0 bridgehead atoms. The van der Waals surface area contributed by atoms with Crippen LogP contribution in [0.5, 0.6) is 0 Å². The molecular formula is C14H16N5O2+. The van der Waals surface area contributed by atoms with Crippen molar-refractivity contribution in [1.29, 1.82) is 0 Å². The predicted molar refractivity (Wildman–Crippen MR) is 74.0 cm³/mol. The number of carbonyl (C=O) groups is 1. The lowest BCUT2D eigenvalue weighted by atomic mass is 9.90. The third-order valence-electron chi connectivity index (χ3n) is 3.41. The fourth-order valence-corrected chi connectivity index (χ4v) is 2.52. The first-order valence-corrected chi connectivity index (χ1v) is 6.70. The van der Waals surface area contributed by atoms with E-state index in [2.05, 4.69) is 27.0 Å². The van der Waals surface area contributed by atoms with Crippen molar-refractivity contribution in [3.63, 3.8) is 0 Å². The van der Waals surface area contributed by atoms with Crippen LogP contribution in [-0.4, -0.2) is 27.3 Å². The van der Waals surface area contributed by atoms with E-state index in [0.29, 0.717) is 18.3 Å². The minimum atomic E-state index is -0.560. The van der Waals surface area contributed by atoms with Crippen molar-refractivity contribution >= 4 is 11.9 Å². The zero-order chi connectivity index (χ0) is 14.8. The summed E-state index contributed by atoms with van der Waals surface area (Å²) >= 11 is 0. The Labute approximate surface area is 121 Å². The highest BCUT2D eigenvalue weighted by atomic mass is 16.5. The normalized spacial score (nSPS) is 20.5. The van der Waals surface area contributed by atoms with Crippen molar-refractivity contribution in [1.82, 2.24) is 14.8 Å². The molecule has 3 heterocycles. The molecule has 2 N–H and O–H groups in total. The lowest BCUT2D eigenvalue weighted by Crippen LogP contribution is -2.38. The van der Waals surface area contributed by atoms with Gasteiger partial charge in [0.2, 0.25) is 5.95 Å². The number of rotatable bonds is 3. The van der Waals surface area contributed by atoms with Gasteiger partial charge in [0.05, 0.1) is 6.61 Å². The van der Waals surface area contributed by atoms with Crippen molar-refractivity contribution in [2.45, 2.75) is 13.0 Å². The van der Waals surface area contributed by atoms with Gasteiger partial charge in [0.1, 0.15) is 18.3 Å². The first kappa shape index (κ1) is 13.3. The van der Waals surface area contributed by atoms with E-state index in [1.165, 1.54) is 6.33 Å².